The van der Waals surface area contributed by atoms with Crippen LogP contribution in [0.1, 0.15) is 23.5 Å². The Morgan fingerprint density at radius 2 is 1.86 bits per heavy atom. The number of hydrogen-bond acceptors (Lipinski definition) is 3. The summed E-state index contributed by atoms with van der Waals surface area (Å²) in [5, 5.41) is 9.13. The number of carbonyl (C=O) groups is 1. The molecule has 0 aromatic heterocycles. The van der Waals surface area contributed by atoms with E-state index in [0.29, 0.717) is 6.42 Å². The summed E-state index contributed by atoms with van der Waals surface area (Å²) in [4.78, 5) is 12.4. The van der Waals surface area contributed by atoms with Crippen molar-refractivity contribution in [3.05, 3.63) is 65.7 Å². The maximum Gasteiger partial charge on any atom is 0.320 e. The highest BCUT2D eigenvalue weighted by molar-refractivity contribution is 7.99. The van der Waals surface area contributed by atoms with E-state index in [0.717, 1.165) is 5.75 Å². The van der Waals surface area contributed by atoms with E-state index in [1.54, 1.807) is 11.8 Å². The first-order chi connectivity index (χ1) is 10.7. The van der Waals surface area contributed by atoms with E-state index >= 15 is 0 Å². The lowest BCUT2D eigenvalue weighted by atomic mass is 9.78. The quantitative estimate of drug-likeness (QED) is 0.908. The van der Waals surface area contributed by atoms with E-state index in [9.17, 15) is 4.79 Å². The number of nitrogens with two attached hydrogens (primary N) is 1. The molecule has 114 valence electrons. The van der Waals surface area contributed by atoms with Crippen LogP contribution in [-0.2, 0) is 4.79 Å². The van der Waals surface area contributed by atoms with Crippen molar-refractivity contribution >= 4 is 17.7 Å². The van der Waals surface area contributed by atoms with Crippen LogP contribution in [0.4, 0.5) is 0 Å². The van der Waals surface area contributed by atoms with Crippen LogP contribution in [0.15, 0.2) is 59.5 Å². The first-order valence-electron chi connectivity index (χ1n) is 7.42. The topological polar surface area (TPSA) is 63.3 Å². The summed E-state index contributed by atoms with van der Waals surface area (Å²) >= 11 is 1.80. The molecule has 0 radical (unpaired) electrons. The van der Waals surface area contributed by atoms with Gasteiger partial charge in [-0.25, -0.2) is 0 Å². The third kappa shape index (κ3) is 3.03. The van der Waals surface area contributed by atoms with Crippen LogP contribution < -0.4 is 5.73 Å². The van der Waals surface area contributed by atoms with Crippen LogP contribution in [0.5, 0.6) is 0 Å². The first kappa shape index (κ1) is 15.1. The monoisotopic (exact) mass is 313 g/mol. The number of hydrogen-bond donors (Lipinski definition) is 2. The summed E-state index contributed by atoms with van der Waals surface area (Å²) < 4.78 is 0. The smallest absolute Gasteiger partial charge is 0.320 e. The molecule has 0 saturated carbocycles. The molecule has 3 rings (SSSR count). The van der Waals surface area contributed by atoms with Gasteiger partial charge in [0.2, 0.25) is 0 Å². The highest BCUT2D eigenvalue weighted by Crippen LogP contribution is 2.45. The lowest BCUT2D eigenvalue weighted by Gasteiger charge is -2.34. The van der Waals surface area contributed by atoms with Crippen LogP contribution in [0.25, 0.3) is 0 Å². The van der Waals surface area contributed by atoms with Crippen molar-refractivity contribution in [2.75, 3.05) is 5.75 Å². The highest BCUT2D eigenvalue weighted by atomic mass is 32.2. The van der Waals surface area contributed by atoms with E-state index in [-0.39, 0.29) is 11.8 Å². The van der Waals surface area contributed by atoms with Gasteiger partial charge in [-0.05, 0) is 29.5 Å². The Morgan fingerprint density at radius 3 is 2.59 bits per heavy atom. The highest BCUT2D eigenvalue weighted by Gasteiger charge is 2.33. The number of fused-ring (bicyclic) bond motifs is 1. The zero-order valence-electron chi connectivity index (χ0n) is 12.2. The summed E-state index contributed by atoms with van der Waals surface area (Å²) in [5.74, 6) is 0.422. The molecule has 1 heterocycles. The summed E-state index contributed by atoms with van der Waals surface area (Å²) in [6.45, 7) is 0. The molecule has 1 aliphatic rings. The Bertz CT molecular complexity index is 659. The second kappa shape index (κ2) is 6.55. The Balaban J connectivity index is 1.98. The average molecular weight is 313 g/mol. The molecule has 2 aromatic carbocycles. The average Bonchev–Trinajstić information content (AvgIpc) is 2.55. The van der Waals surface area contributed by atoms with Crippen LogP contribution in [0, 0.1) is 5.92 Å². The Kier molecular flexibility index (Phi) is 4.50. The molecule has 3 atom stereocenters. The molecule has 4 heteroatoms. The van der Waals surface area contributed by atoms with E-state index in [4.69, 9.17) is 10.8 Å². The first-order valence-corrected chi connectivity index (χ1v) is 8.40. The fourth-order valence-electron chi connectivity index (χ4n) is 3.16. The predicted octanol–water partition coefficient (Wildman–Crippen LogP) is 3.34. The van der Waals surface area contributed by atoms with Crippen LogP contribution >= 0.6 is 11.8 Å². The van der Waals surface area contributed by atoms with E-state index in [1.807, 2.05) is 18.2 Å². The zero-order valence-corrected chi connectivity index (χ0v) is 13.0. The molecular formula is C18H19NO2S. The van der Waals surface area contributed by atoms with Gasteiger partial charge in [0.15, 0.2) is 0 Å². The van der Waals surface area contributed by atoms with Gasteiger partial charge >= 0.3 is 5.97 Å². The van der Waals surface area contributed by atoms with Crippen LogP contribution in [0.3, 0.4) is 0 Å². The molecule has 1 aliphatic heterocycles. The molecule has 0 saturated heterocycles. The van der Waals surface area contributed by atoms with Crippen molar-refractivity contribution < 1.29 is 9.90 Å². The van der Waals surface area contributed by atoms with Gasteiger partial charge < -0.3 is 10.8 Å². The molecule has 3 nitrogen and oxygen atoms in total. The van der Waals surface area contributed by atoms with E-state index in [2.05, 4.69) is 36.4 Å². The second-order valence-electron chi connectivity index (χ2n) is 5.68. The minimum absolute atomic E-state index is 0.212. The number of benzene rings is 2. The molecule has 22 heavy (non-hydrogen) atoms. The second-order valence-corrected chi connectivity index (χ2v) is 6.74. The minimum Gasteiger partial charge on any atom is -0.480 e. The SMILES string of the molecule is NC(CC1CSc2ccccc2C1c1ccccc1)C(=O)O. The molecule has 3 N–H and O–H groups in total. The van der Waals surface area contributed by atoms with Crippen molar-refractivity contribution in [3.8, 4) is 0 Å². The molecule has 0 fully saturated rings. The van der Waals surface area contributed by atoms with Gasteiger partial charge in [0.05, 0.1) is 0 Å². The Morgan fingerprint density at radius 1 is 1.18 bits per heavy atom. The van der Waals surface area contributed by atoms with Gasteiger partial charge in [-0.15, -0.1) is 11.8 Å². The molecule has 3 unspecified atom stereocenters. The zero-order chi connectivity index (χ0) is 15.5. The van der Waals surface area contributed by atoms with E-state index in [1.165, 1.54) is 16.0 Å². The number of aliphatic carboxylic acids is 1. The minimum atomic E-state index is -0.921. The fourth-order valence-corrected chi connectivity index (χ4v) is 4.42. The maximum atomic E-state index is 11.1. The third-order valence-corrected chi connectivity index (χ3v) is 5.49. The predicted molar refractivity (Wildman–Crippen MR) is 89.2 cm³/mol. The van der Waals surface area contributed by atoms with Gasteiger partial charge in [-0.2, -0.15) is 0 Å². The molecule has 0 bridgehead atoms. The Hall–Kier alpha value is -1.78. The number of rotatable bonds is 4. The summed E-state index contributed by atoms with van der Waals surface area (Å²) in [6, 6.07) is 17.9. The summed E-state index contributed by atoms with van der Waals surface area (Å²) in [6.07, 6.45) is 0.496. The number of thioether (sulfide) groups is 1. The van der Waals surface area contributed by atoms with Crippen LogP contribution in [0.2, 0.25) is 0 Å². The van der Waals surface area contributed by atoms with Gasteiger partial charge in [0.1, 0.15) is 6.04 Å². The summed E-state index contributed by atoms with van der Waals surface area (Å²) in [5.41, 5.74) is 8.32. The van der Waals surface area contributed by atoms with Crippen molar-refractivity contribution in [3.63, 3.8) is 0 Å². The van der Waals surface area contributed by atoms with Gasteiger partial charge in [0.25, 0.3) is 0 Å². The normalized spacial score (nSPS) is 21.9. The lowest BCUT2D eigenvalue weighted by molar-refractivity contribution is -0.138. The van der Waals surface area contributed by atoms with Crippen molar-refractivity contribution in [1.82, 2.24) is 0 Å². The van der Waals surface area contributed by atoms with Crippen molar-refractivity contribution in [2.24, 2.45) is 11.7 Å². The molecule has 0 spiro atoms. The standard InChI is InChI=1S/C18H19NO2S/c19-15(18(20)21)10-13-11-22-16-9-5-4-8-14(16)17(13)12-6-2-1-3-7-12/h1-9,13,15,17H,10-11,19H2,(H,20,21). The molecule has 0 aliphatic carbocycles. The van der Waals surface area contributed by atoms with Gasteiger partial charge in [-0.3, -0.25) is 4.79 Å². The maximum absolute atomic E-state index is 11.1. The van der Waals surface area contributed by atoms with Gasteiger partial charge in [-0.1, -0.05) is 48.5 Å². The van der Waals surface area contributed by atoms with Crippen molar-refractivity contribution in [1.29, 1.82) is 0 Å². The van der Waals surface area contributed by atoms with Crippen LogP contribution in [-0.4, -0.2) is 22.9 Å². The summed E-state index contributed by atoms with van der Waals surface area (Å²) in [7, 11) is 0. The fraction of sp³-hybridized carbons (Fsp3) is 0.278. The van der Waals surface area contributed by atoms with Crippen molar-refractivity contribution in [2.45, 2.75) is 23.3 Å². The Labute approximate surface area is 134 Å². The van der Waals surface area contributed by atoms with Gasteiger partial charge in [0, 0.05) is 16.6 Å². The van der Waals surface area contributed by atoms with E-state index < -0.39 is 12.0 Å². The molecular weight excluding hydrogens is 294 g/mol. The molecule has 2 aromatic rings. The largest absolute Gasteiger partial charge is 0.480 e. The third-order valence-electron chi connectivity index (χ3n) is 4.21. The number of carboxylic acids is 1. The number of carboxylic acid groups (broad SMARTS) is 1. The molecule has 0 amide bonds. The lowest BCUT2D eigenvalue weighted by Crippen LogP contribution is -2.35.